The first-order chi connectivity index (χ1) is 10.7. The van der Waals surface area contributed by atoms with Gasteiger partial charge in [0.25, 0.3) is 0 Å². The molecule has 1 atom stereocenters. The Bertz CT molecular complexity index is 476. The number of rotatable bonds is 8. The first-order valence-electron chi connectivity index (χ1n) is 8.22. The summed E-state index contributed by atoms with van der Waals surface area (Å²) in [6.07, 6.45) is 4.51. The Kier molecular flexibility index (Phi) is 6.87. The molecule has 1 N–H and O–H groups in total. The van der Waals surface area contributed by atoms with Crippen molar-refractivity contribution < 1.29 is 9.53 Å². The number of ether oxygens (including phenoxy) is 1. The topological polar surface area (TPSA) is 41.6 Å². The molecule has 0 aliphatic heterocycles. The van der Waals surface area contributed by atoms with Crippen LogP contribution in [0.2, 0.25) is 0 Å². The van der Waals surface area contributed by atoms with Crippen molar-refractivity contribution in [2.75, 3.05) is 40.4 Å². The fraction of sp³-hybridized carbons (Fsp3) is 0.611. The lowest BCUT2D eigenvalue weighted by molar-refractivity contribution is -0.122. The molecule has 1 aliphatic rings. The van der Waals surface area contributed by atoms with Gasteiger partial charge in [0.2, 0.25) is 5.91 Å². The van der Waals surface area contributed by atoms with E-state index in [1.165, 1.54) is 30.4 Å². The van der Waals surface area contributed by atoms with Crippen molar-refractivity contribution >= 4 is 5.91 Å². The lowest BCUT2D eigenvalue weighted by Crippen LogP contribution is -2.38. The van der Waals surface area contributed by atoms with Gasteiger partial charge >= 0.3 is 0 Å². The smallest absolute Gasteiger partial charge is 0.234 e. The van der Waals surface area contributed by atoms with Crippen molar-refractivity contribution in [1.82, 2.24) is 10.2 Å². The van der Waals surface area contributed by atoms with Crippen LogP contribution in [0.1, 0.15) is 36.3 Å². The van der Waals surface area contributed by atoms with Crippen molar-refractivity contribution in [3.05, 3.63) is 35.4 Å². The van der Waals surface area contributed by atoms with Gasteiger partial charge in [-0.15, -0.1) is 0 Å². The molecule has 0 aromatic heterocycles. The van der Waals surface area contributed by atoms with Crippen LogP contribution < -0.4 is 5.32 Å². The van der Waals surface area contributed by atoms with Crippen LogP contribution in [0.3, 0.4) is 0 Å². The SMILES string of the molecule is COCCCN(C)CC(=O)NCC1CCCc2ccccc21. The molecule has 0 saturated heterocycles. The van der Waals surface area contributed by atoms with Gasteiger partial charge in [-0.25, -0.2) is 0 Å². The molecular formula is C18H28N2O2. The average molecular weight is 304 g/mol. The predicted molar refractivity (Wildman–Crippen MR) is 89.1 cm³/mol. The summed E-state index contributed by atoms with van der Waals surface area (Å²) in [6.45, 7) is 2.83. The molecule has 0 spiro atoms. The zero-order chi connectivity index (χ0) is 15.8. The van der Waals surface area contributed by atoms with E-state index < -0.39 is 0 Å². The van der Waals surface area contributed by atoms with Crippen LogP contribution in [0.4, 0.5) is 0 Å². The third-order valence-electron chi connectivity index (χ3n) is 4.34. The van der Waals surface area contributed by atoms with E-state index in [0.29, 0.717) is 12.5 Å². The number of hydrogen-bond donors (Lipinski definition) is 1. The summed E-state index contributed by atoms with van der Waals surface area (Å²) in [7, 11) is 3.68. The molecule has 4 heteroatoms. The minimum atomic E-state index is 0.114. The monoisotopic (exact) mass is 304 g/mol. The maximum atomic E-state index is 12.1. The highest BCUT2D eigenvalue weighted by molar-refractivity contribution is 5.78. The van der Waals surface area contributed by atoms with Gasteiger partial charge in [-0.05, 0) is 43.9 Å². The van der Waals surface area contributed by atoms with E-state index in [0.717, 1.165) is 26.1 Å². The van der Waals surface area contributed by atoms with E-state index >= 15 is 0 Å². The molecule has 0 bridgehead atoms. The zero-order valence-corrected chi connectivity index (χ0v) is 13.8. The quantitative estimate of drug-likeness (QED) is 0.749. The molecular weight excluding hydrogens is 276 g/mol. The van der Waals surface area contributed by atoms with Crippen molar-refractivity contribution in [2.24, 2.45) is 0 Å². The van der Waals surface area contributed by atoms with Crippen LogP contribution in [-0.2, 0) is 16.0 Å². The second-order valence-corrected chi connectivity index (χ2v) is 6.18. The molecule has 4 nitrogen and oxygen atoms in total. The molecule has 1 aromatic carbocycles. The number of methoxy groups -OCH3 is 1. The molecule has 0 saturated carbocycles. The zero-order valence-electron chi connectivity index (χ0n) is 13.8. The highest BCUT2D eigenvalue weighted by Gasteiger charge is 2.20. The van der Waals surface area contributed by atoms with Crippen LogP contribution in [0.5, 0.6) is 0 Å². The second kappa shape index (κ2) is 8.91. The highest BCUT2D eigenvalue weighted by atomic mass is 16.5. The minimum absolute atomic E-state index is 0.114. The Morgan fingerprint density at radius 2 is 2.23 bits per heavy atom. The van der Waals surface area contributed by atoms with E-state index in [2.05, 4.69) is 29.6 Å². The number of aryl methyl sites for hydroxylation is 1. The lowest BCUT2D eigenvalue weighted by Gasteiger charge is -2.26. The van der Waals surface area contributed by atoms with E-state index in [-0.39, 0.29) is 5.91 Å². The summed E-state index contributed by atoms with van der Waals surface area (Å²) in [5.74, 6) is 0.579. The Morgan fingerprint density at radius 1 is 1.41 bits per heavy atom. The first kappa shape index (κ1) is 17.0. The third kappa shape index (κ3) is 5.11. The molecule has 0 fully saturated rings. The van der Waals surface area contributed by atoms with Crippen molar-refractivity contribution in [3.63, 3.8) is 0 Å². The predicted octanol–water partition coefficient (Wildman–Crippen LogP) is 2.19. The molecule has 1 unspecified atom stereocenters. The van der Waals surface area contributed by atoms with E-state index in [1.807, 2.05) is 11.9 Å². The molecule has 22 heavy (non-hydrogen) atoms. The van der Waals surface area contributed by atoms with Gasteiger partial charge in [-0.1, -0.05) is 24.3 Å². The summed E-state index contributed by atoms with van der Waals surface area (Å²) >= 11 is 0. The van der Waals surface area contributed by atoms with Gasteiger partial charge in [-0.2, -0.15) is 0 Å². The summed E-state index contributed by atoms with van der Waals surface area (Å²) in [5, 5.41) is 3.10. The maximum Gasteiger partial charge on any atom is 0.234 e. The second-order valence-electron chi connectivity index (χ2n) is 6.18. The molecule has 1 aromatic rings. The standard InChI is InChI=1S/C18H28N2O2/c1-20(11-6-12-22-2)14-18(21)19-13-16-9-5-8-15-7-3-4-10-17(15)16/h3-4,7,10,16H,5-6,8-9,11-14H2,1-2H3,(H,19,21). The third-order valence-corrected chi connectivity index (χ3v) is 4.34. The molecule has 0 heterocycles. The largest absolute Gasteiger partial charge is 0.385 e. The van der Waals surface area contributed by atoms with Gasteiger partial charge in [0.05, 0.1) is 6.54 Å². The number of carbonyl (C=O) groups is 1. The summed E-state index contributed by atoms with van der Waals surface area (Å²) < 4.78 is 5.03. The van der Waals surface area contributed by atoms with Gasteiger partial charge in [-0.3, -0.25) is 9.69 Å². The van der Waals surface area contributed by atoms with Gasteiger partial charge in [0.15, 0.2) is 0 Å². The summed E-state index contributed by atoms with van der Waals surface area (Å²) in [5.41, 5.74) is 2.87. The number of likely N-dealkylation sites (N-methyl/N-ethyl adjacent to an activating group) is 1. The highest BCUT2D eigenvalue weighted by Crippen LogP contribution is 2.30. The van der Waals surface area contributed by atoms with E-state index in [1.54, 1.807) is 7.11 Å². The van der Waals surface area contributed by atoms with Gasteiger partial charge in [0, 0.05) is 32.7 Å². The number of benzene rings is 1. The number of nitrogens with zero attached hydrogens (tertiary/aromatic N) is 1. The van der Waals surface area contributed by atoms with Crippen LogP contribution in [-0.4, -0.2) is 51.2 Å². The molecule has 122 valence electrons. The Morgan fingerprint density at radius 3 is 3.05 bits per heavy atom. The number of carbonyl (C=O) groups excluding carboxylic acids is 1. The van der Waals surface area contributed by atoms with Crippen LogP contribution >= 0.6 is 0 Å². The summed E-state index contributed by atoms with van der Waals surface area (Å²) in [4.78, 5) is 14.1. The average Bonchev–Trinajstić information content (AvgIpc) is 2.53. The van der Waals surface area contributed by atoms with Crippen LogP contribution in [0.15, 0.2) is 24.3 Å². The normalized spacial score (nSPS) is 17.3. The molecule has 2 rings (SSSR count). The number of hydrogen-bond acceptors (Lipinski definition) is 3. The maximum absolute atomic E-state index is 12.1. The summed E-state index contributed by atoms with van der Waals surface area (Å²) in [6, 6.07) is 8.63. The Labute approximate surface area is 133 Å². The molecule has 1 aliphatic carbocycles. The first-order valence-corrected chi connectivity index (χ1v) is 8.22. The van der Waals surface area contributed by atoms with Gasteiger partial charge < -0.3 is 10.1 Å². The van der Waals surface area contributed by atoms with Gasteiger partial charge in [0.1, 0.15) is 0 Å². The van der Waals surface area contributed by atoms with E-state index in [4.69, 9.17) is 4.74 Å². The fourth-order valence-corrected chi connectivity index (χ4v) is 3.16. The lowest BCUT2D eigenvalue weighted by atomic mass is 9.83. The van der Waals surface area contributed by atoms with Crippen LogP contribution in [0, 0.1) is 0 Å². The Balaban J connectivity index is 1.75. The minimum Gasteiger partial charge on any atom is -0.385 e. The van der Waals surface area contributed by atoms with Crippen molar-refractivity contribution in [3.8, 4) is 0 Å². The number of nitrogens with one attached hydrogen (secondary N) is 1. The molecule has 1 amide bonds. The fourth-order valence-electron chi connectivity index (χ4n) is 3.16. The van der Waals surface area contributed by atoms with Crippen molar-refractivity contribution in [1.29, 1.82) is 0 Å². The Hall–Kier alpha value is -1.39. The number of amides is 1. The van der Waals surface area contributed by atoms with Crippen molar-refractivity contribution in [2.45, 2.75) is 31.6 Å². The molecule has 0 radical (unpaired) electrons. The number of fused-ring (bicyclic) bond motifs is 1. The van der Waals surface area contributed by atoms with E-state index in [9.17, 15) is 4.79 Å². The van der Waals surface area contributed by atoms with Crippen LogP contribution in [0.25, 0.3) is 0 Å².